The Morgan fingerprint density at radius 2 is 1.49 bits per heavy atom. The van der Waals surface area contributed by atoms with Crippen molar-refractivity contribution in [3.8, 4) is 11.5 Å². The Kier molecular flexibility index (Phi) is 7.42. The molecule has 0 bridgehead atoms. The quantitative estimate of drug-likeness (QED) is 0.235. The van der Waals surface area contributed by atoms with Crippen LogP contribution in [0.5, 0.6) is 11.5 Å². The molecule has 1 saturated heterocycles. The van der Waals surface area contributed by atoms with E-state index in [1.165, 1.54) is 21.2 Å². The highest BCUT2D eigenvalue weighted by Gasteiger charge is 2.56. The van der Waals surface area contributed by atoms with E-state index in [4.69, 9.17) is 9.47 Å². The van der Waals surface area contributed by atoms with Crippen LogP contribution >= 0.6 is 23.1 Å². The number of hydrogen-bond donors (Lipinski definition) is 1. The Morgan fingerprint density at radius 3 is 2.20 bits per heavy atom. The van der Waals surface area contributed by atoms with Crippen molar-refractivity contribution in [3.05, 3.63) is 111 Å². The minimum absolute atomic E-state index is 0.238. The van der Waals surface area contributed by atoms with Gasteiger partial charge < -0.3 is 14.8 Å². The van der Waals surface area contributed by atoms with Crippen molar-refractivity contribution >= 4 is 63.0 Å². The molecule has 11 heteroatoms. The zero-order valence-electron chi connectivity index (χ0n) is 24.3. The maximum atomic E-state index is 14.1. The number of methoxy groups -OCH3 is 2. The number of benzene rings is 4. The molecule has 3 atom stereocenters. The zero-order valence-corrected chi connectivity index (χ0v) is 25.9. The van der Waals surface area contributed by atoms with Gasteiger partial charge in [-0.25, -0.2) is 4.90 Å². The van der Waals surface area contributed by atoms with E-state index in [0.29, 0.717) is 32.8 Å². The first kappa shape index (κ1) is 28.9. The van der Waals surface area contributed by atoms with Gasteiger partial charge in [-0.15, -0.1) is 0 Å². The van der Waals surface area contributed by atoms with E-state index in [0.717, 1.165) is 27.7 Å². The van der Waals surface area contributed by atoms with Gasteiger partial charge in [0.2, 0.25) is 17.7 Å². The van der Waals surface area contributed by atoms with E-state index in [9.17, 15) is 19.2 Å². The second-order valence-electron chi connectivity index (χ2n) is 10.7. The topological polar surface area (TPSA) is 107 Å². The number of nitrogens with zero attached hydrogens (tertiary/aromatic N) is 2. The van der Waals surface area contributed by atoms with Gasteiger partial charge in [-0.1, -0.05) is 71.6 Å². The van der Waals surface area contributed by atoms with Crippen LogP contribution in [0.4, 0.5) is 11.4 Å². The van der Waals surface area contributed by atoms with Gasteiger partial charge in [0.25, 0.3) is 0 Å². The van der Waals surface area contributed by atoms with Gasteiger partial charge in [-0.2, -0.15) is 0 Å². The molecule has 0 aliphatic carbocycles. The number of fused-ring (bicyclic) bond motifs is 3. The molecule has 226 valence electrons. The SMILES string of the molecule is COc1ccc([C@H]2c3sc(=O)n(CC(=O)Nc4cccc5ccccc45)c3SC3C(=O)N(c4ccc(OC)cc4)C(=O)C32)cc1. The molecule has 5 aromatic rings. The first-order valence-electron chi connectivity index (χ1n) is 14.2. The van der Waals surface area contributed by atoms with E-state index >= 15 is 0 Å². The number of rotatable bonds is 7. The fourth-order valence-corrected chi connectivity index (χ4v) is 8.85. The molecular weight excluding hydrogens is 611 g/mol. The van der Waals surface area contributed by atoms with Crippen molar-refractivity contribution in [3.63, 3.8) is 0 Å². The average Bonchev–Trinajstić information content (AvgIpc) is 3.51. The summed E-state index contributed by atoms with van der Waals surface area (Å²) in [6.45, 7) is -0.238. The predicted octanol–water partition coefficient (Wildman–Crippen LogP) is 5.51. The summed E-state index contributed by atoms with van der Waals surface area (Å²) in [5, 5.41) is 4.56. The Morgan fingerprint density at radius 1 is 0.822 bits per heavy atom. The molecule has 7 rings (SSSR count). The van der Waals surface area contributed by atoms with Crippen LogP contribution in [-0.2, 0) is 20.9 Å². The lowest BCUT2D eigenvalue weighted by Gasteiger charge is -2.30. The third-order valence-corrected chi connectivity index (χ3v) is 10.8. The Hall–Kier alpha value is -4.87. The van der Waals surface area contributed by atoms with Crippen LogP contribution in [0.2, 0.25) is 0 Å². The van der Waals surface area contributed by atoms with Crippen LogP contribution in [0.1, 0.15) is 16.4 Å². The first-order valence-corrected chi connectivity index (χ1v) is 15.9. The smallest absolute Gasteiger partial charge is 0.308 e. The molecule has 0 spiro atoms. The second kappa shape index (κ2) is 11.6. The van der Waals surface area contributed by atoms with Crippen LogP contribution < -0.4 is 24.6 Å². The van der Waals surface area contributed by atoms with Crippen LogP contribution in [-0.4, -0.2) is 41.8 Å². The number of anilines is 2. The summed E-state index contributed by atoms with van der Waals surface area (Å²) >= 11 is 2.19. The maximum absolute atomic E-state index is 14.1. The van der Waals surface area contributed by atoms with Crippen molar-refractivity contribution < 1.29 is 23.9 Å². The molecule has 2 aliphatic rings. The molecule has 45 heavy (non-hydrogen) atoms. The summed E-state index contributed by atoms with van der Waals surface area (Å²) in [6, 6.07) is 27.5. The number of amides is 3. The highest BCUT2D eigenvalue weighted by atomic mass is 32.2. The van der Waals surface area contributed by atoms with Crippen molar-refractivity contribution in [2.45, 2.75) is 22.7 Å². The molecule has 2 aliphatic heterocycles. The number of aromatic nitrogens is 1. The van der Waals surface area contributed by atoms with Crippen molar-refractivity contribution in [1.29, 1.82) is 0 Å². The van der Waals surface area contributed by atoms with Gasteiger partial charge >= 0.3 is 4.87 Å². The molecule has 9 nitrogen and oxygen atoms in total. The van der Waals surface area contributed by atoms with Crippen LogP contribution in [0, 0.1) is 5.92 Å². The van der Waals surface area contributed by atoms with Gasteiger partial charge in [-0.05, 0) is 53.4 Å². The lowest BCUT2D eigenvalue weighted by Crippen LogP contribution is -2.33. The van der Waals surface area contributed by atoms with Crippen LogP contribution in [0.25, 0.3) is 10.8 Å². The summed E-state index contributed by atoms with van der Waals surface area (Å²) in [5.41, 5.74) is 1.87. The van der Waals surface area contributed by atoms with Crippen LogP contribution in [0.3, 0.4) is 0 Å². The molecule has 3 amide bonds. The monoisotopic (exact) mass is 637 g/mol. The maximum Gasteiger partial charge on any atom is 0.308 e. The zero-order chi connectivity index (χ0) is 31.2. The van der Waals surface area contributed by atoms with Gasteiger partial charge in [0.15, 0.2) is 0 Å². The summed E-state index contributed by atoms with van der Waals surface area (Å²) in [4.78, 5) is 56.5. The number of carbonyl (C=O) groups is 3. The van der Waals surface area contributed by atoms with Crippen molar-refractivity contribution in [2.24, 2.45) is 5.92 Å². The molecule has 1 fully saturated rings. The number of ether oxygens (including phenoxy) is 2. The largest absolute Gasteiger partial charge is 0.497 e. The summed E-state index contributed by atoms with van der Waals surface area (Å²) in [5.74, 6) is -1.14. The minimum Gasteiger partial charge on any atom is -0.497 e. The average molecular weight is 638 g/mol. The molecule has 2 unspecified atom stereocenters. The third-order valence-electron chi connectivity index (χ3n) is 8.22. The molecule has 0 radical (unpaired) electrons. The standard InChI is InChI=1S/C34H27N3O6S2/c1-42-22-14-10-20(11-15-22)27-28-29(32(40)37(31(28)39)21-12-16-23(43-2)17-13-21)44-33-30(27)45-34(41)36(33)18-26(38)35-25-9-5-7-19-6-3-4-8-24(19)25/h3-17,27-29H,18H2,1-2H3,(H,35,38)/t27-,28?,29?/m1/s1. The summed E-state index contributed by atoms with van der Waals surface area (Å²) in [7, 11) is 3.12. The number of nitrogens with one attached hydrogen (secondary N) is 1. The predicted molar refractivity (Wildman–Crippen MR) is 175 cm³/mol. The van der Waals surface area contributed by atoms with Gasteiger partial charge in [-0.3, -0.25) is 23.7 Å². The van der Waals surface area contributed by atoms with Gasteiger partial charge in [0, 0.05) is 21.9 Å². The molecule has 1 aromatic heterocycles. The third kappa shape index (κ3) is 4.98. The van der Waals surface area contributed by atoms with Crippen molar-refractivity contribution in [1.82, 2.24) is 4.57 Å². The van der Waals surface area contributed by atoms with Crippen LogP contribution in [0.15, 0.2) is 101 Å². The number of imide groups is 1. The normalized spacial score (nSPS) is 18.9. The molecule has 3 heterocycles. The Labute approximate surface area is 266 Å². The number of thioether (sulfide) groups is 1. The number of carbonyl (C=O) groups excluding carboxylic acids is 3. The summed E-state index contributed by atoms with van der Waals surface area (Å²) < 4.78 is 12.0. The van der Waals surface area contributed by atoms with E-state index in [2.05, 4.69) is 5.32 Å². The molecule has 1 N–H and O–H groups in total. The van der Waals surface area contributed by atoms with Gasteiger partial charge in [0.05, 0.1) is 30.9 Å². The fraction of sp³-hybridized carbons (Fsp3) is 0.176. The van der Waals surface area contributed by atoms with Gasteiger partial charge in [0.1, 0.15) is 23.3 Å². The van der Waals surface area contributed by atoms with E-state index in [1.807, 2.05) is 54.6 Å². The first-order chi connectivity index (χ1) is 21.9. The highest BCUT2D eigenvalue weighted by Crippen LogP contribution is 2.54. The van der Waals surface area contributed by atoms with E-state index < -0.39 is 17.1 Å². The molecule has 4 aromatic carbocycles. The lowest BCUT2D eigenvalue weighted by atomic mass is 9.83. The second-order valence-corrected chi connectivity index (χ2v) is 12.8. The fourth-order valence-electron chi connectivity index (χ4n) is 6.08. The number of hydrogen-bond acceptors (Lipinski definition) is 8. The highest BCUT2D eigenvalue weighted by molar-refractivity contribution is 8.00. The molecule has 0 saturated carbocycles. The Balaban J connectivity index is 1.27. The Bertz CT molecular complexity index is 2010. The minimum atomic E-state index is -0.791. The van der Waals surface area contributed by atoms with E-state index in [1.54, 1.807) is 50.6 Å². The van der Waals surface area contributed by atoms with Crippen molar-refractivity contribution in [2.75, 3.05) is 24.4 Å². The summed E-state index contributed by atoms with van der Waals surface area (Å²) in [6.07, 6.45) is 0. The lowest BCUT2D eigenvalue weighted by molar-refractivity contribution is -0.122. The number of thiazole rings is 1. The van der Waals surface area contributed by atoms with E-state index in [-0.39, 0.29) is 29.1 Å². The molecular formula is C34H27N3O6S2.